The maximum atomic E-state index is 4.69. The van der Waals surface area contributed by atoms with Gasteiger partial charge in [-0.15, -0.1) is 12.4 Å². The smallest absolute Gasteiger partial charge is 0.209 e. The quantitative estimate of drug-likeness (QED) is 0.490. The Bertz CT molecular complexity index is 118. The summed E-state index contributed by atoms with van der Waals surface area (Å²) in [6, 6.07) is 0. The molecule has 0 N–H and O–H groups in total. The van der Waals surface area contributed by atoms with E-state index in [4.69, 9.17) is 0 Å². The van der Waals surface area contributed by atoms with Crippen LogP contribution in [0.4, 0.5) is 0 Å². The number of rotatable bonds is 0. The van der Waals surface area contributed by atoms with Crippen LogP contribution in [0, 0.1) is 0 Å². The Balaban J connectivity index is 0.000000360. The van der Waals surface area contributed by atoms with E-state index in [1.54, 1.807) is 6.20 Å². The molecule has 40 valence electrons. The van der Waals surface area contributed by atoms with Crippen molar-refractivity contribution in [3.63, 3.8) is 0 Å². The molecule has 4 heteroatoms. The standard InChI is InChI=1S/C3H4NOP.ClH/c6-3-4-1-2-5-3;/h1-2H,6H2;1H. The van der Waals surface area contributed by atoms with Gasteiger partial charge in [0.05, 0.1) is 6.20 Å². The molecule has 0 radical (unpaired) electrons. The third-order valence-electron chi connectivity index (χ3n) is 0.451. The zero-order valence-electron chi connectivity index (χ0n) is 3.50. The number of hydrogen-bond donors (Lipinski definition) is 0. The first-order chi connectivity index (χ1) is 2.89. The van der Waals surface area contributed by atoms with Crippen LogP contribution in [0.1, 0.15) is 0 Å². The summed E-state index contributed by atoms with van der Waals surface area (Å²) in [4.78, 5) is 3.71. The fourth-order valence-electron chi connectivity index (χ4n) is 0.234. The van der Waals surface area contributed by atoms with Crippen molar-refractivity contribution in [2.24, 2.45) is 0 Å². The van der Waals surface area contributed by atoms with Crippen LogP contribution in [0.3, 0.4) is 0 Å². The normalized spacial score (nSPS) is 7.57. The van der Waals surface area contributed by atoms with Gasteiger partial charge < -0.3 is 4.42 Å². The van der Waals surface area contributed by atoms with Crippen molar-refractivity contribution in [2.45, 2.75) is 0 Å². The Morgan fingerprint density at radius 2 is 2.43 bits per heavy atom. The minimum Gasteiger partial charge on any atom is -0.446 e. The van der Waals surface area contributed by atoms with E-state index >= 15 is 0 Å². The summed E-state index contributed by atoms with van der Waals surface area (Å²) >= 11 is 0. The molecule has 1 heterocycles. The summed E-state index contributed by atoms with van der Waals surface area (Å²) in [7, 11) is 2.34. The molecule has 0 saturated carbocycles. The van der Waals surface area contributed by atoms with Crippen LogP contribution in [0.2, 0.25) is 0 Å². The van der Waals surface area contributed by atoms with E-state index in [-0.39, 0.29) is 12.4 Å². The van der Waals surface area contributed by atoms with Crippen molar-refractivity contribution >= 4 is 27.3 Å². The Morgan fingerprint density at radius 3 is 2.57 bits per heavy atom. The van der Waals surface area contributed by atoms with Crippen LogP contribution in [0.15, 0.2) is 16.9 Å². The highest BCUT2D eigenvalue weighted by atomic mass is 35.5. The first-order valence-electron chi connectivity index (χ1n) is 1.54. The fraction of sp³-hybridized carbons (Fsp3) is 0. The van der Waals surface area contributed by atoms with Gasteiger partial charge in [0.15, 0.2) is 0 Å². The van der Waals surface area contributed by atoms with E-state index in [9.17, 15) is 0 Å². The maximum Gasteiger partial charge on any atom is 0.209 e. The highest BCUT2D eigenvalue weighted by Gasteiger charge is 1.77. The maximum absolute atomic E-state index is 4.69. The zero-order chi connectivity index (χ0) is 4.41. The third kappa shape index (κ3) is 1.91. The van der Waals surface area contributed by atoms with Gasteiger partial charge in [-0.2, -0.15) is 0 Å². The molecule has 1 aromatic heterocycles. The molecule has 1 aromatic rings. The average molecular weight is 138 g/mol. The average Bonchev–Trinajstić information content (AvgIpc) is 1.86. The van der Waals surface area contributed by atoms with Gasteiger partial charge in [0.2, 0.25) is 5.63 Å². The minimum absolute atomic E-state index is 0. The monoisotopic (exact) mass is 137 g/mol. The summed E-state index contributed by atoms with van der Waals surface area (Å²) in [6.45, 7) is 0. The van der Waals surface area contributed by atoms with Gasteiger partial charge in [-0.25, -0.2) is 4.98 Å². The molecule has 1 unspecified atom stereocenters. The Morgan fingerprint density at radius 1 is 1.71 bits per heavy atom. The predicted molar refractivity (Wildman–Crippen MR) is 33.1 cm³/mol. The molecule has 0 spiro atoms. The van der Waals surface area contributed by atoms with Gasteiger partial charge in [-0.05, 0) is 9.24 Å². The Hall–Kier alpha value is -0.0700. The number of aromatic nitrogens is 1. The van der Waals surface area contributed by atoms with Crippen LogP contribution in [0.25, 0.3) is 0 Å². The van der Waals surface area contributed by atoms with Crippen molar-refractivity contribution in [1.29, 1.82) is 0 Å². The first kappa shape index (κ1) is 6.93. The van der Waals surface area contributed by atoms with Gasteiger partial charge in [0.25, 0.3) is 0 Å². The highest BCUT2D eigenvalue weighted by molar-refractivity contribution is 7.26. The number of halogens is 1. The van der Waals surface area contributed by atoms with Crippen molar-refractivity contribution < 1.29 is 4.42 Å². The summed E-state index contributed by atoms with van der Waals surface area (Å²) in [6.07, 6.45) is 3.13. The summed E-state index contributed by atoms with van der Waals surface area (Å²) in [5.41, 5.74) is 0.634. The topological polar surface area (TPSA) is 26.0 Å². The van der Waals surface area contributed by atoms with E-state index in [1.807, 2.05) is 0 Å². The van der Waals surface area contributed by atoms with Gasteiger partial charge in [0.1, 0.15) is 6.26 Å². The molecule has 0 amide bonds. The SMILES string of the molecule is Cl.Pc1ncco1. The lowest BCUT2D eigenvalue weighted by atomic mass is 11.0. The molecular weight excluding hydrogens is 132 g/mol. The van der Waals surface area contributed by atoms with Crippen LogP contribution in [0.5, 0.6) is 0 Å². The van der Waals surface area contributed by atoms with E-state index in [0.717, 1.165) is 0 Å². The molecule has 2 nitrogen and oxygen atoms in total. The number of nitrogens with zero attached hydrogens (tertiary/aromatic N) is 1. The summed E-state index contributed by atoms with van der Waals surface area (Å²) in [5.74, 6) is 0. The number of hydrogen-bond acceptors (Lipinski definition) is 2. The lowest BCUT2D eigenvalue weighted by Crippen LogP contribution is -1.83. The lowest BCUT2D eigenvalue weighted by Gasteiger charge is -1.67. The Labute approximate surface area is 49.9 Å². The molecule has 1 rings (SSSR count). The highest BCUT2D eigenvalue weighted by Crippen LogP contribution is 1.80. The van der Waals surface area contributed by atoms with Crippen molar-refractivity contribution in [1.82, 2.24) is 4.98 Å². The molecule has 7 heavy (non-hydrogen) atoms. The van der Waals surface area contributed by atoms with Gasteiger partial charge >= 0.3 is 0 Å². The van der Waals surface area contributed by atoms with E-state index < -0.39 is 0 Å². The van der Waals surface area contributed by atoms with E-state index in [1.165, 1.54) is 6.26 Å². The van der Waals surface area contributed by atoms with Crippen LogP contribution in [-0.2, 0) is 0 Å². The summed E-state index contributed by atoms with van der Waals surface area (Å²) in [5, 5.41) is 0. The Kier molecular flexibility index (Phi) is 2.97. The molecule has 1 atom stereocenters. The van der Waals surface area contributed by atoms with Crippen LogP contribution < -0.4 is 5.63 Å². The largest absolute Gasteiger partial charge is 0.446 e. The van der Waals surface area contributed by atoms with Crippen LogP contribution in [-0.4, -0.2) is 4.98 Å². The lowest BCUT2D eigenvalue weighted by molar-refractivity contribution is 0.598. The van der Waals surface area contributed by atoms with Gasteiger partial charge in [-0.3, -0.25) is 0 Å². The predicted octanol–water partition coefficient (Wildman–Crippen LogP) is 0.597. The third-order valence-corrected chi connectivity index (χ3v) is 0.737. The molecule has 0 bridgehead atoms. The van der Waals surface area contributed by atoms with E-state index in [2.05, 4.69) is 18.6 Å². The molecular formula is C3H5ClNOP. The first-order valence-corrected chi connectivity index (χ1v) is 2.12. The molecule has 0 saturated heterocycles. The summed E-state index contributed by atoms with van der Waals surface area (Å²) < 4.78 is 4.69. The van der Waals surface area contributed by atoms with Crippen LogP contribution >= 0.6 is 21.6 Å². The van der Waals surface area contributed by atoms with E-state index in [0.29, 0.717) is 5.63 Å². The van der Waals surface area contributed by atoms with Gasteiger partial charge in [0, 0.05) is 0 Å². The molecule has 0 aromatic carbocycles. The molecule has 0 aliphatic rings. The van der Waals surface area contributed by atoms with Crippen molar-refractivity contribution in [3.05, 3.63) is 12.5 Å². The van der Waals surface area contributed by atoms with Gasteiger partial charge in [-0.1, -0.05) is 0 Å². The molecule has 0 aliphatic carbocycles. The van der Waals surface area contributed by atoms with Crippen molar-refractivity contribution in [2.75, 3.05) is 0 Å². The van der Waals surface area contributed by atoms with Crippen molar-refractivity contribution in [3.8, 4) is 0 Å². The second kappa shape index (κ2) is 3.00. The molecule has 0 fully saturated rings. The second-order valence-electron chi connectivity index (χ2n) is 0.870. The second-order valence-corrected chi connectivity index (χ2v) is 1.36. The fourth-order valence-corrected chi connectivity index (χ4v) is 0.399. The minimum atomic E-state index is 0. The number of oxazole rings is 1. The zero-order valence-corrected chi connectivity index (χ0v) is 5.47. The molecule has 0 aliphatic heterocycles.